The van der Waals surface area contributed by atoms with Crippen molar-refractivity contribution in [3.8, 4) is 0 Å². The Hall–Kier alpha value is -1.74. The first-order valence-corrected chi connectivity index (χ1v) is 10.9. The molecule has 0 aliphatic carbocycles. The largest absolute Gasteiger partial charge is 0.356 e. The highest BCUT2D eigenvalue weighted by atomic mass is 32.2. The lowest BCUT2D eigenvalue weighted by atomic mass is 9.95. The van der Waals surface area contributed by atoms with Crippen molar-refractivity contribution in [1.82, 2.24) is 15.4 Å². The van der Waals surface area contributed by atoms with Crippen LogP contribution in [0.1, 0.15) is 29.0 Å². The first-order chi connectivity index (χ1) is 12.5. The Morgan fingerprint density at radius 1 is 1.27 bits per heavy atom. The van der Waals surface area contributed by atoms with Crippen molar-refractivity contribution in [2.45, 2.75) is 30.0 Å². The number of thiophene rings is 1. The van der Waals surface area contributed by atoms with E-state index in [-0.39, 0.29) is 11.9 Å². The summed E-state index contributed by atoms with van der Waals surface area (Å²) in [6.07, 6.45) is 1.58. The summed E-state index contributed by atoms with van der Waals surface area (Å²) in [5.41, 5.74) is 2.43. The Morgan fingerprint density at radius 3 is 2.88 bits per heavy atom. The maximum atomic E-state index is 12.6. The van der Waals surface area contributed by atoms with E-state index in [0.717, 1.165) is 23.4 Å². The Kier molecular flexibility index (Phi) is 6.08. The molecule has 0 bridgehead atoms. The van der Waals surface area contributed by atoms with Crippen molar-refractivity contribution in [3.05, 3.63) is 52.4 Å². The molecule has 1 aromatic heterocycles. The van der Waals surface area contributed by atoms with Gasteiger partial charge in [-0.25, -0.2) is 13.1 Å². The zero-order valence-electron chi connectivity index (χ0n) is 14.6. The van der Waals surface area contributed by atoms with Crippen LogP contribution in [0.3, 0.4) is 0 Å². The topological polar surface area (TPSA) is 87.3 Å². The molecule has 1 aliphatic rings. The third kappa shape index (κ3) is 4.70. The van der Waals surface area contributed by atoms with Crippen LogP contribution in [0.5, 0.6) is 0 Å². The Balaban J connectivity index is 1.61. The van der Waals surface area contributed by atoms with Crippen LogP contribution < -0.4 is 15.4 Å². The molecule has 140 valence electrons. The third-order valence-electron chi connectivity index (χ3n) is 4.34. The molecule has 1 atom stereocenters. The van der Waals surface area contributed by atoms with Crippen molar-refractivity contribution >= 4 is 27.3 Å². The van der Waals surface area contributed by atoms with Crippen molar-refractivity contribution in [2.75, 3.05) is 19.6 Å². The van der Waals surface area contributed by atoms with E-state index >= 15 is 0 Å². The summed E-state index contributed by atoms with van der Waals surface area (Å²) >= 11 is 1.24. The van der Waals surface area contributed by atoms with Crippen LogP contribution in [0.15, 0.2) is 40.6 Å². The number of rotatable bonds is 7. The first kappa shape index (κ1) is 19.0. The molecular weight excluding hydrogens is 370 g/mol. The standard InChI is InChI=1S/C18H23N3O3S2/c1-13(22)19-11-9-15-6-7-18(25-15)26(23,24)21-12-17-16-5-3-2-4-14(16)8-10-20-17/h2-7,17,20-21H,8-12H2,1H3,(H,19,22). The van der Waals surface area contributed by atoms with Gasteiger partial charge in [-0.05, 0) is 42.6 Å². The number of nitrogens with one attached hydrogen (secondary N) is 3. The molecule has 2 aromatic rings. The van der Waals surface area contributed by atoms with E-state index in [4.69, 9.17) is 0 Å². The summed E-state index contributed by atoms with van der Waals surface area (Å²) in [7, 11) is -3.54. The van der Waals surface area contributed by atoms with Gasteiger partial charge in [-0.3, -0.25) is 4.79 Å². The van der Waals surface area contributed by atoms with Gasteiger partial charge in [0.25, 0.3) is 0 Å². The highest BCUT2D eigenvalue weighted by Gasteiger charge is 2.23. The number of sulfonamides is 1. The van der Waals surface area contributed by atoms with E-state index in [1.165, 1.54) is 23.8 Å². The monoisotopic (exact) mass is 393 g/mol. The molecule has 3 N–H and O–H groups in total. The molecule has 0 saturated carbocycles. The second-order valence-corrected chi connectivity index (χ2v) is 9.42. The van der Waals surface area contributed by atoms with Crippen LogP contribution in [-0.4, -0.2) is 34.0 Å². The lowest BCUT2D eigenvalue weighted by molar-refractivity contribution is -0.118. The normalized spacial score (nSPS) is 16.9. The molecular formula is C18H23N3O3S2. The van der Waals surface area contributed by atoms with Gasteiger partial charge in [0, 0.05) is 30.9 Å². The van der Waals surface area contributed by atoms with Gasteiger partial charge in [0.15, 0.2) is 0 Å². The number of benzene rings is 1. The molecule has 8 heteroatoms. The lowest BCUT2D eigenvalue weighted by Crippen LogP contribution is -2.38. The van der Waals surface area contributed by atoms with E-state index in [1.807, 2.05) is 18.2 Å². The van der Waals surface area contributed by atoms with Gasteiger partial charge >= 0.3 is 0 Å². The summed E-state index contributed by atoms with van der Waals surface area (Å²) in [4.78, 5) is 11.8. The lowest BCUT2D eigenvalue weighted by Gasteiger charge is -2.27. The van der Waals surface area contributed by atoms with Gasteiger partial charge in [-0.1, -0.05) is 24.3 Å². The minimum Gasteiger partial charge on any atom is -0.356 e. The second kappa shape index (κ2) is 8.30. The molecule has 2 heterocycles. The van der Waals surface area contributed by atoms with E-state index in [2.05, 4.69) is 21.4 Å². The summed E-state index contributed by atoms with van der Waals surface area (Å²) in [5, 5.41) is 6.09. The molecule has 0 radical (unpaired) electrons. The molecule has 26 heavy (non-hydrogen) atoms. The van der Waals surface area contributed by atoms with Gasteiger partial charge < -0.3 is 10.6 Å². The van der Waals surface area contributed by atoms with Gasteiger partial charge in [-0.2, -0.15) is 0 Å². The average Bonchev–Trinajstić information content (AvgIpc) is 3.09. The smallest absolute Gasteiger partial charge is 0.250 e. The SMILES string of the molecule is CC(=O)NCCc1ccc(S(=O)(=O)NCC2NCCc3ccccc32)s1. The van der Waals surface area contributed by atoms with Gasteiger partial charge in [0.05, 0.1) is 0 Å². The first-order valence-electron chi connectivity index (χ1n) is 8.60. The predicted molar refractivity (Wildman–Crippen MR) is 103 cm³/mol. The summed E-state index contributed by atoms with van der Waals surface area (Å²) in [5.74, 6) is -0.0867. The molecule has 3 rings (SSSR count). The minimum atomic E-state index is -3.54. The summed E-state index contributed by atoms with van der Waals surface area (Å²) in [6.45, 7) is 3.13. The Labute approximate surface area is 158 Å². The van der Waals surface area contributed by atoms with E-state index < -0.39 is 10.0 Å². The molecule has 1 aliphatic heterocycles. The predicted octanol–water partition coefficient (Wildman–Crippen LogP) is 1.59. The summed E-state index contributed by atoms with van der Waals surface area (Å²) in [6, 6.07) is 11.5. The highest BCUT2D eigenvalue weighted by Crippen LogP contribution is 2.24. The van der Waals surface area contributed by atoms with Crippen LogP contribution >= 0.6 is 11.3 Å². The minimum absolute atomic E-state index is 0.0195. The quantitative estimate of drug-likeness (QED) is 0.667. The van der Waals surface area contributed by atoms with E-state index in [9.17, 15) is 13.2 Å². The average molecular weight is 394 g/mol. The van der Waals surface area contributed by atoms with Crippen LogP contribution in [0.2, 0.25) is 0 Å². The van der Waals surface area contributed by atoms with Crippen molar-refractivity contribution in [2.24, 2.45) is 0 Å². The second-order valence-electron chi connectivity index (χ2n) is 6.26. The molecule has 0 saturated heterocycles. The Bertz CT molecular complexity index is 877. The summed E-state index contributed by atoms with van der Waals surface area (Å²) < 4.78 is 28.2. The van der Waals surface area contributed by atoms with E-state index in [1.54, 1.807) is 12.1 Å². The number of amides is 1. The fraction of sp³-hybridized carbons (Fsp3) is 0.389. The molecule has 1 aromatic carbocycles. The van der Waals surface area contributed by atoms with Crippen LogP contribution in [0, 0.1) is 0 Å². The third-order valence-corrected chi connectivity index (χ3v) is 7.40. The maximum absolute atomic E-state index is 12.6. The van der Waals surface area contributed by atoms with Crippen molar-refractivity contribution in [1.29, 1.82) is 0 Å². The van der Waals surface area contributed by atoms with Gasteiger partial charge in [0.2, 0.25) is 15.9 Å². The van der Waals surface area contributed by atoms with Crippen molar-refractivity contribution < 1.29 is 13.2 Å². The fourth-order valence-electron chi connectivity index (χ4n) is 3.04. The molecule has 1 unspecified atom stereocenters. The molecule has 6 nitrogen and oxygen atoms in total. The number of fused-ring (bicyclic) bond motifs is 1. The number of hydrogen-bond donors (Lipinski definition) is 3. The van der Waals surface area contributed by atoms with E-state index in [0.29, 0.717) is 23.7 Å². The fourth-order valence-corrected chi connectivity index (χ4v) is 5.48. The zero-order chi connectivity index (χ0) is 18.6. The molecule has 1 amide bonds. The van der Waals surface area contributed by atoms with Crippen LogP contribution in [-0.2, 0) is 27.7 Å². The number of hydrogen-bond acceptors (Lipinski definition) is 5. The number of carbonyl (C=O) groups is 1. The highest BCUT2D eigenvalue weighted by molar-refractivity contribution is 7.91. The van der Waals surface area contributed by atoms with Crippen LogP contribution in [0.25, 0.3) is 0 Å². The van der Waals surface area contributed by atoms with Crippen LogP contribution in [0.4, 0.5) is 0 Å². The van der Waals surface area contributed by atoms with Crippen molar-refractivity contribution in [3.63, 3.8) is 0 Å². The Morgan fingerprint density at radius 2 is 2.08 bits per heavy atom. The van der Waals surface area contributed by atoms with Gasteiger partial charge in [0.1, 0.15) is 4.21 Å². The zero-order valence-corrected chi connectivity index (χ0v) is 16.3. The van der Waals surface area contributed by atoms with Gasteiger partial charge in [-0.15, -0.1) is 11.3 Å². The number of carbonyl (C=O) groups excluding carboxylic acids is 1. The maximum Gasteiger partial charge on any atom is 0.250 e. The molecule has 0 fully saturated rings. The molecule has 0 spiro atoms.